The van der Waals surface area contributed by atoms with E-state index in [9.17, 15) is 4.79 Å². The Morgan fingerprint density at radius 2 is 1.93 bits per heavy atom. The van der Waals surface area contributed by atoms with E-state index >= 15 is 0 Å². The summed E-state index contributed by atoms with van der Waals surface area (Å²) in [7, 11) is 0. The Morgan fingerprint density at radius 1 is 1.04 bits per heavy atom. The van der Waals surface area contributed by atoms with Crippen molar-refractivity contribution in [2.24, 2.45) is 0 Å². The predicted octanol–water partition coefficient (Wildman–Crippen LogP) is 4.04. The number of pyridine rings is 2. The number of para-hydroxylation sites is 1. The summed E-state index contributed by atoms with van der Waals surface area (Å²) in [4.78, 5) is 21.4. The molecule has 1 fully saturated rings. The lowest BCUT2D eigenvalue weighted by Gasteiger charge is -2.10. The number of amides is 1. The van der Waals surface area contributed by atoms with E-state index in [0.717, 1.165) is 46.1 Å². The lowest BCUT2D eigenvalue weighted by Crippen LogP contribution is -2.26. The van der Waals surface area contributed by atoms with Gasteiger partial charge in [-0.25, -0.2) is 0 Å². The van der Waals surface area contributed by atoms with Crippen molar-refractivity contribution in [2.45, 2.75) is 25.4 Å². The third-order valence-corrected chi connectivity index (χ3v) is 5.10. The monoisotopic (exact) mass is 368 g/mol. The molecule has 3 heterocycles. The quantitative estimate of drug-likeness (QED) is 0.578. The molecule has 1 saturated carbocycles. The number of carbonyl (C=O) groups is 1. The highest BCUT2D eigenvalue weighted by molar-refractivity contribution is 6.06. The van der Waals surface area contributed by atoms with Crippen LogP contribution in [0.2, 0.25) is 0 Å². The minimum Gasteiger partial charge on any atom is -0.349 e. The van der Waals surface area contributed by atoms with Gasteiger partial charge in [-0.2, -0.15) is 0 Å². The molecule has 0 unspecified atom stereocenters. The molecule has 5 rings (SSSR count). The Labute approximate surface area is 163 Å². The van der Waals surface area contributed by atoms with Crippen molar-refractivity contribution in [3.8, 4) is 11.1 Å². The van der Waals surface area contributed by atoms with Gasteiger partial charge >= 0.3 is 0 Å². The molecular weight excluding hydrogens is 348 g/mol. The SMILES string of the molecule is O=C(NC1CC1)c1cccc2ccn(Cc3ccc(-c4cccnc4)cn3)c12. The van der Waals surface area contributed by atoms with Crippen LogP contribution in [-0.4, -0.2) is 26.5 Å². The fourth-order valence-corrected chi connectivity index (χ4v) is 3.46. The lowest BCUT2D eigenvalue weighted by atomic mass is 10.1. The second-order valence-electron chi connectivity index (χ2n) is 7.21. The first kappa shape index (κ1) is 16.7. The van der Waals surface area contributed by atoms with E-state index in [1.807, 2.05) is 61.1 Å². The van der Waals surface area contributed by atoms with E-state index in [1.165, 1.54) is 0 Å². The first-order valence-electron chi connectivity index (χ1n) is 9.52. The van der Waals surface area contributed by atoms with E-state index in [2.05, 4.69) is 25.9 Å². The summed E-state index contributed by atoms with van der Waals surface area (Å²) in [6, 6.07) is 16.3. The molecule has 1 aromatic carbocycles. The summed E-state index contributed by atoms with van der Waals surface area (Å²) < 4.78 is 2.10. The van der Waals surface area contributed by atoms with Crippen molar-refractivity contribution in [2.75, 3.05) is 0 Å². The summed E-state index contributed by atoms with van der Waals surface area (Å²) in [6.07, 6.45) is 9.65. The molecule has 0 radical (unpaired) electrons. The van der Waals surface area contributed by atoms with Gasteiger partial charge in [-0.3, -0.25) is 14.8 Å². The highest BCUT2D eigenvalue weighted by atomic mass is 16.1. The fourth-order valence-electron chi connectivity index (χ4n) is 3.46. The summed E-state index contributed by atoms with van der Waals surface area (Å²) in [6.45, 7) is 0.616. The van der Waals surface area contributed by atoms with Gasteiger partial charge in [0.05, 0.1) is 23.3 Å². The molecule has 3 aromatic heterocycles. The van der Waals surface area contributed by atoms with Crippen LogP contribution in [0.3, 0.4) is 0 Å². The number of hydrogen-bond acceptors (Lipinski definition) is 3. The molecular formula is C23H20N4O. The zero-order valence-electron chi connectivity index (χ0n) is 15.4. The van der Waals surface area contributed by atoms with Gasteiger partial charge in [0.2, 0.25) is 0 Å². The Bertz CT molecular complexity index is 1130. The molecule has 1 aliphatic carbocycles. The van der Waals surface area contributed by atoms with Gasteiger partial charge in [0.1, 0.15) is 0 Å². The summed E-state index contributed by atoms with van der Waals surface area (Å²) >= 11 is 0. The normalized spacial score (nSPS) is 13.6. The third-order valence-electron chi connectivity index (χ3n) is 5.10. The minimum absolute atomic E-state index is 0.00735. The number of nitrogens with zero attached hydrogens (tertiary/aromatic N) is 3. The third kappa shape index (κ3) is 3.27. The van der Waals surface area contributed by atoms with Gasteiger partial charge in [0.25, 0.3) is 5.91 Å². The lowest BCUT2D eigenvalue weighted by molar-refractivity contribution is 0.0952. The van der Waals surface area contributed by atoms with E-state index in [4.69, 9.17) is 0 Å². The maximum atomic E-state index is 12.7. The number of nitrogens with one attached hydrogen (secondary N) is 1. The average molecular weight is 368 g/mol. The van der Waals surface area contributed by atoms with Crippen LogP contribution in [0.15, 0.2) is 73.3 Å². The van der Waals surface area contributed by atoms with Gasteiger partial charge in [-0.15, -0.1) is 0 Å². The van der Waals surface area contributed by atoms with Crippen LogP contribution in [0.25, 0.3) is 22.0 Å². The first-order chi connectivity index (χ1) is 13.8. The second kappa shape index (κ2) is 6.93. The summed E-state index contributed by atoms with van der Waals surface area (Å²) in [5, 5.41) is 4.16. The molecule has 5 heteroatoms. The molecule has 5 nitrogen and oxygen atoms in total. The number of benzene rings is 1. The Balaban J connectivity index is 1.44. The van der Waals surface area contributed by atoms with Crippen LogP contribution in [-0.2, 0) is 6.54 Å². The van der Waals surface area contributed by atoms with Crippen molar-refractivity contribution >= 4 is 16.8 Å². The highest BCUT2D eigenvalue weighted by Gasteiger charge is 2.25. The van der Waals surface area contributed by atoms with Gasteiger partial charge in [0.15, 0.2) is 0 Å². The van der Waals surface area contributed by atoms with E-state index in [-0.39, 0.29) is 5.91 Å². The van der Waals surface area contributed by atoms with E-state index < -0.39 is 0 Å². The Hall–Kier alpha value is -3.47. The molecule has 4 aromatic rings. The molecule has 0 saturated heterocycles. The van der Waals surface area contributed by atoms with Crippen molar-refractivity contribution < 1.29 is 4.79 Å². The fraction of sp³-hybridized carbons (Fsp3) is 0.174. The van der Waals surface area contributed by atoms with Crippen molar-refractivity contribution in [3.63, 3.8) is 0 Å². The van der Waals surface area contributed by atoms with Crippen LogP contribution in [0.4, 0.5) is 0 Å². The molecule has 0 atom stereocenters. The maximum absolute atomic E-state index is 12.7. The van der Waals surface area contributed by atoms with Crippen LogP contribution in [0, 0.1) is 0 Å². The van der Waals surface area contributed by atoms with Gasteiger partial charge < -0.3 is 9.88 Å². The van der Waals surface area contributed by atoms with Crippen molar-refractivity contribution in [1.29, 1.82) is 0 Å². The van der Waals surface area contributed by atoms with E-state index in [1.54, 1.807) is 6.20 Å². The number of carbonyl (C=O) groups excluding carboxylic acids is 1. The molecule has 1 aliphatic rings. The number of aromatic nitrogens is 3. The standard InChI is InChI=1S/C23H20N4O/c28-23(26-19-8-9-19)21-5-1-3-16-10-12-27(22(16)21)15-20-7-6-18(14-25-20)17-4-2-11-24-13-17/h1-7,10-14,19H,8-9,15H2,(H,26,28). The van der Waals surface area contributed by atoms with E-state index in [0.29, 0.717) is 12.6 Å². The predicted molar refractivity (Wildman–Crippen MR) is 109 cm³/mol. The molecule has 1 N–H and O–H groups in total. The summed E-state index contributed by atoms with van der Waals surface area (Å²) in [5.74, 6) is 0.00735. The molecule has 1 amide bonds. The molecule has 28 heavy (non-hydrogen) atoms. The number of rotatable bonds is 5. The maximum Gasteiger partial charge on any atom is 0.253 e. The van der Waals surface area contributed by atoms with Crippen molar-refractivity contribution in [1.82, 2.24) is 19.9 Å². The number of fused-ring (bicyclic) bond motifs is 1. The van der Waals surface area contributed by atoms with Gasteiger partial charge in [-0.05, 0) is 37.1 Å². The highest BCUT2D eigenvalue weighted by Crippen LogP contribution is 2.24. The number of hydrogen-bond donors (Lipinski definition) is 1. The zero-order chi connectivity index (χ0) is 18.9. The Morgan fingerprint density at radius 3 is 2.68 bits per heavy atom. The Kier molecular flexibility index (Phi) is 4.13. The van der Waals surface area contributed by atoms with Crippen LogP contribution in [0.1, 0.15) is 28.9 Å². The molecule has 138 valence electrons. The molecule has 0 spiro atoms. The van der Waals surface area contributed by atoms with Gasteiger partial charge in [-0.1, -0.05) is 24.3 Å². The van der Waals surface area contributed by atoms with Crippen LogP contribution >= 0.6 is 0 Å². The first-order valence-corrected chi connectivity index (χ1v) is 9.52. The minimum atomic E-state index is 0.00735. The smallest absolute Gasteiger partial charge is 0.253 e. The average Bonchev–Trinajstić information content (AvgIpc) is 3.47. The van der Waals surface area contributed by atoms with Crippen LogP contribution in [0.5, 0.6) is 0 Å². The van der Waals surface area contributed by atoms with Crippen molar-refractivity contribution in [3.05, 3.63) is 84.6 Å². The molecule has 0 aliphatic heterocycles. The largest absolute Gasteiger partial charge is 0.349 e. The zero-order valence-corrected chi connectivity index (χ0v) is 15.4. The topological polar surface area (TPSA) is 59.8 Å². The summed E-state index contributed by atoms with van der Waals surface area (Å²) in [5.41, 5.74) is 4.72. The van der Waals surface area contributed by atoms with Crippen LogP contribution < -0.4 is 5.32 Å². The van der Waals surface area contributed by atoms with Gasteiger partial charge in [0, 0.05) is 47.3 Å². The molecule has 0 bridgehead atoms. The second-order valence-corrected chi connectivity index (χ2v) is 7.21.